The largest absolute Gasteiger partial charge is 0.390 e. The first-order valence-electron chi connectivity index (χ1n) is 9.67. The van der Waals surface area contributed by atoms with Crippen molar-refractivity contribution < 1.29 is 13.9 Å². The molecule has 4 aromatic rings. The molecule has 0 saturated carbocycles. The predicted molar refractivity (Wildman–Crippen MR) is 107 cm³/mol. The molecule has 30 heavy (non-hydrogen) atoms. The zero-order chi connectivity index (χ0) is 21.0. The van der Waals surface area contributed by atoms with E-state index in [0.29, 0.717) is 36.3 Å². The molecule has 154 valence electrons. The van der Waals surface area contributed by atoms with Gasteiger partial charge in [0.2, 0.25) is 0 Å². The summed E-state index contributed by atoms with van der Waals surface area (Å²) in [5, 5.41) is 13.1. The summed E-state index contributed by atoms with van der Waals surface area (Å²) in [5.41, 5.74) is 1.34. The summed E-state index contributed by atoms with van der Waals surface area (Å²) in [6, 6.07) is 3.59. The number of benzene rings is 1. The van der Waals surface area contributed by atoms with Crippen molar-refractivity contribution in [3.63, 3.8) is 0 Å². The van der Waals surface area contributed by atoms with Crippen molar-refractivity contribution in [2.75, 3.05) is 13.1 Å². The van der Waals surface area contributed by atoms with Crippen LogP contribution in [0.1, 0.15) is 18.2 Å². The standard InChI is InChI=1S/C21H19F2N5O2/c1-11-8-27-9-13(5-15(23)20(27)26-11)12-4-14(22)19-16(6-12)25-10-28(21(19)30)17-2-3-24-7-18(17)29/h4-6,8-10,17-18,24,29H,2-3,7H2,1H3/t17-,18+/m0/s1. The maximum absolute atomic E-state index is 15.0. The number of hydrogen-bond donors (Lipinski definition) is 2. The zero-order valence-corrected chi connectivity index (χ0v) is 16.1. The van der Waals surface area contributed by atoms with E-state index < -0.39 is 29.3 Å². The van der Waals surface area contributed by atoms with Gasteiger partial charge < -0.3 is 14.8 Å². The van der Waals surface area contributed by atoms with Crippen molar-refractivity contribution in [1.29, 1.82) is 0 Å². The normalized spacial score (nSPS) is 19.6. The molecule has 1 saturated heterocycles. The number of rotatable bonds is 2. The molecule has 2 N–H and O–H groups in total. The number of halogens is 2. The van der Waals surface area contributed by atoms with Crippen LogP contribution in [-0.2, 0) is 0 Å². The Morgan fingerprint density at radius 2 is 1.97 bits per heavy atom. The van der Waals surface area contributed by atoms with Gasteiger partial charge in [0.15, 0.2) is 11.5 Å². The summed E-state index contributed by atoms with van der Waals surface area (Å²) in [7, 11) is 0. The van der Waals surface area contributed by atoms with Crippen LogP contribution in [0.3, 0.4) is 0 Å². The van der Waals surface area contributed by atoms with E-state index in [2.05, 4.69) is 15.3 Å². The number of aryl methyl sites for hydroxylation is 1. The first kappa shape index (κ1) is 18.8. The third kappa shape index (κ3) is 2.98. The first-order valence-corrected chi connectivity index (χ1v) is 9.67. The van der Waals surface area contributed by atoms with Crippen LogP contribution in [0.5, 0.6) is 0 Å². The van der Waals surface area contributed by atoms with Crippen LogP contribution < -0.4 is 10.9 Å². The summed E-state index contributed by atoms with van der Waals surface area (Å²) >= 11 is 0. The van der Waals surface area contributed by atoms with E-state index >= 15 is 4.39 Å². The van der Waals surface area contributed by atoms with Crippen LogP contribution >= 0.6 is 0 Å². The number of aliphatic hydroxyl groups is 1. The lowest BCUT2D eigenvalue weighted by Crippen LogP contribution is -2.44. The second-order valence-corrected chi connectivity index (χ2v) is 7.63. The Bertz CT molecular complexity index is 1350. The van der Waals surface area contributed by atoms with E-state index in [1.165, 1.54) is 23.0 Å². The summed E-state index contributed by atoms with van der Waals surface area (Å²) in [5.74, 6) is -1.26. The lowest BCUT2D eigenvalue weighted by molar-refractivity contribution is 0.0852. The van der Waals surface area contributed by atoms with Crippen molar-refractivity contribution >= 4 is 16.6 Å². The number of nitrogens with one attached hydrogen (secondary N) is 1. The summed E-state index contributed by atoms with van der Waals surface area (Å²) < 4.78 is 32.3. The van der Waals surface area contributed by atoms with Crippen LogP contribution in [0.4, 0.5) is 8.78 Å². The molecule has 2 atom stereocenters. The Morgan fingerprint density at radius 1 is 1.17 bits per heavy atom. The quantitative estimate of drug-likeness (QED) is 0.528. The van der Waals surface area contributed by atoms with Crippen molar-refractivity contribution in [2.24, 2.45) is 0 Å². The molecule has 4 heterocycles. The van der Waals surface area contributed by atoms with E-state index in [-0.39, 0.29) is 16.6 Å². The molecule has 1 aliphatic rings. The van der Waals surface area contributed by atoms with Crippen molar-refractivity contribution in [3.8, 4) is 11.1 Å². The number of aromatic nitrogens is 4. The molecule has 0 bridgehead atoms. The molecule has 0 aliphatic carbocycles. The molecule has 1 aromatic carbocycles. The lowest BCUT2D eigenvalue weighted by Gasteiger charge is -2.29. The number of aliphatic hydroxyl groups excluding tert-OH is 1. The van der Waals surface area contributed by atoms with Gasteiger partial charge in [-0.2, -0.15) is 0 Å². The van der Waals surface area contributed by atoms with Gasteiger partial charge in [-0.3, -0.25) is 9.36 Å². The van der Waals surface area contributed by atoms with Crippen LogP contribution in [0.15, 0.2) is 41.7 Å². The molecule has 5 rings (SSSR count). The minimum absolute atomic E-state index is 0.146. The minimum atomic E-state index is -0.758. The smallest absolute Gasteiger partial charge is 0.264 e. The van der Waals surface area contributed by atoms with Crippen LogP contribution in [0.25, 0.3) is 27.7 Å². The Hall–Kier alpha value is -3.17. The molecular weight excluding hydrogens is 392 g/mol. The van der Waals surface area contributed by atoms with Crippen molar-refractivity contribution in [3.05, 3.63) is 64.6 Å². The van der Waals surface area contributed by atoms with Gasteiger partial charge >= 0.3 is 0 Å². The highest BCUT2D eigenvalue weighted by atomic mass is 19.1. The average Bonchev–Trinajstić information content (AvgIpc) is 3.09. The van der Waals surface area contributed by atoms with Gasteiger partial charge in [-0.1, -0.05) is 0 Å². The molecule has 0 spiro atoms. The van der Waals surface area contributed by atoms with Crippen LogP contribution in [0, 0.1) is 18.6 Å². The maximum Gasteiger partial charge on any atom is 0.264 e. The van der Waals surface area contributed by atoms with Gasteiger partial charge in [-0.05, 0) is 43.7 Å². The second kappa shape index (κ2) is 6.96. The van der Waals surface area contributed by atoms with Crippen LogP contribution in [0.2, 0.25) is 0 Å². The Labute approximate surface area is 169 Å². The molecular formula is C21H19F2N5O2. The van der Waals surface area contributed by atoms with Gasteiger partial charge in [0.25, 0.3) is 5.56 Å². The zero-order valence-electron chi connectivity index (χ0n) is 16.1. The molecule has 0 amide bonds. The third-order valence-corrected chi connectivity index (χ3v) is 5.57. The van der Waals surface area contributed by atoms with Crippen molar-refractivity contribution in [2.45, 2.75) is 25.5 Å². The van der Waals surface area contributed by atoms with E-state index in [0.717, 1.165) is 0 Å². The molecule has 1 fully saturated rings. The van der Waals surface area contributed by atoms with Crippen LogP contribution in [-0.4, -0.2) is 43.2 Å². The second-order valence-electron chi connectivity index (χ2n) is 7.63. The molecule has 7 nitrogen and oxygen atoms in total. The van der Waals surface area contributed by atoms with Gasteiger partial charge in [0.05, 0.1) is 29.7 Å². The summed E-state index contributed by atoms with van der Waals surface area (Å²) in [6.45, 7) is 2.77. The SMILES string of the molecule is Cc1cn2cc(-c3cc(F)c4c(=O)n([C@H]5CCNC[C@H]5O)cnc4c3)cc(F)c2n1. The number of hydrogen-bond acceptors (Lipinski definition) is 5. The topological polar surface area (TPSA) is 84.5 Å². The maximum atomic E-state index is 15.0. The fourth-order valence-corrected chi connectivity index (χ4v) is 4.10. The first-order chi connectivity index (χ1) is 14.4. The number of piperidine rings is 1. The highest BCUT2D eigenvalue weighted by Gasteiger charge is 2.26. The Kier molecular flexibility index (Phi) is 4.37. The fourth-order valence-electron chi connectivity index (χ4n) is 4.10. The van der Waals surface area contributed by atoms with Gasteiger partial charge in [-0.25, -0.2) is 18.7 Å². The number of nitrogens with zero attached hydrogens (tertiary/aromatic N) is 4. The van der Waals surface area contributed by atoms with E-state index in [9.17, 15) is 14.3 Å². The molecule has 1 aliphatic heterocycles. The van der Waals surface area contributed by atoms with E-state index in [4.69, 9.17) is 0 Å². The number of imidazole rings is 1. The highest BCUT2D eigenvalue weighted by molar-refractivity contribution is 5.84. The number of fused-ring (bicyclic) bond motifs is 2. The average molecular weight is 411 g/mol. The Morgan fingerprint density at radius 3 is 2.77 bits per heavy atom. The predicted octanol–water partition coefficient (Wildman–Crippen LogP) is 2.19. The van der Waals surface area contributed by atoms with Crippen molar-refractivity contribution in [1.82, 2.24) is 24.3 Å². The molecule has 0 radical (unpaired) electrons. The van der Waals surface area contributed by atoms with Gasteiger partial charge in [-0.15, -0.1) is 0 Å². The lowest BCUT2D eigenvalue weighted by atomic mass is 10.0. The van der Waals surface area contributed by atoms with Gasteiger partial charge in [0.1, 0.15) is 11.2 Å². The van der Waals surface area contributed by atoms with Gasteiger partial charge in [0, 0.05) is 24.5 Å². The highest BCUT2D eigenvalue weighted by Crippen LogP contribution is 2.27. The Balaban J connectivity index is 1.64. The monoisotopic (exact) mass is 411 g/mol. The minimum Gasteiger partial charge on any atom is -0.390 e. The molecule has 0 unspecified atom stereocenters. The number of β-amino-alcohol motifs (C(OH)–C–C–N with tert-alkyl or cyclic N) is 1. The van der Waals surface area contributed by atoms with E-state index in [1.807, 2.05) is 0 Å². The third-order valence-electron chi connectivity index (χ3n) is 5.57. The fraction of sp³-hybridized carbons (Fsp3) is 0.286. The molecule has 3 aromatic heterocycles. The molecule has 9 heteroatoms. The van der Waals surface area contributed by atoms with E-state index in [1.54, 1.807) is 29.8 Å². The summed E-state index contributed by atoms with van der Waals surface area (Å²) in [6.07, 6.45) is 4.46. The summed E-state index contributed by atoms with van der Waals surface area (Å²) in [4.78, 5) is 21.3. The number of pyridine rings is 1.